The van der Waals surface area contributed by atoms with Crippen LogP contribution in [0, 0.1) is 39.8 Å². The standard InChI is InChI=1S/C41H38N4O.Pd/c1-7-12-37-41(40-28(5)21-27(4)22-29(40)6)35(8-2)43-45(37)30-13-11-14-31(24-30)46-32-17-18-34-33-15-9-10-16-36(33)44(38(34)25-32)39-23-26(3)19-20-42-39;/h9-11,13-23H,7-8,12H2,1-6H3;/q-2;+2. The summed E-state index contributed by atoms with van der Waals surface area (Å²) in [5.41, 5.74) is 12.8. The van der Waals surface area contributed by atoms with E-state index in [1.54, 1.807) is 0 Å². The minimum atomic E-state index is 0. The number of aryl methyl sites for hydroxylation is 5. The van der Waals surface area contributed by atoms with Gasteiger partial charge in [-0.15, -0.1) is 35.7 Å². The number of benzene rings is 4. The maximum Gasteiger partial charge on any atom is 2.00 e. The van der Waals surface area contributed by atoms with Crippen molar-refractivity contribution in [3.8, 4) is 34.1 Å². The van der Waals surface area contributed by atoms with Crippen LogP contribution in [-0.2, 0) is 33.3 Å². The molecule has 0 aliphatic heterocycles. The minimum absolute atomic E-state index is 0. The third-order valence-electron chi connectivity index (χ3n) is 8.69. The van der Waals surface area contributed by atoms with E-state index in [1.807, 2.05) is 30.5 Å². The third-order valence-corrected chi connectivity index (χ3v) is 8.69. The molecule has 0 unspecified atom stereocenters. The smallest absolute Gasteiger partial charge is 0.509 e. The molecule has 0 amide bonds. The Morgan fingerprint density at radius 2 is 1.51 bits per heavy atom. The van der Waals surface area contributed by atoms with E-state index in [9.17, 15) is 0 Å². The fourth-order valence-electron chi connectivity index (χ4n) is 6.83. The second-order valence-corrected chi connectivity index (χ2v) is 12.2. The number of ether oxygens (including phenoxy) is 1. The van der Waals surface area contributed by atoms with Gasteiger partial charge in [0.05, 0.1) is 5.69 Å². The number of para-hydroxylation sites is 1. The van der Waals surface area contributed by atoms with Crippen molar-refractivity contribution in [1.29, 1.82) is 0 Å². The molecule has 7 rings (SSSR count). The van der Waals surface area contributed by atoms with Gasteiger partial charge >= 0.3 is 20.4 Å². The summed E-state index contributed by atoms with van der Waals surface area (Å²) < 4.78 is 10.7. The van der Waals surface area contributed by atoms with Gasteiger partial charge in [0.25, 0.3) is 0 Å². The molecule has 4 aromatic carbocycles. The summed E-state index contributed by atoms with van der Waals surface area (Å²) in [6.07, 6.45) is 4.63. The molecule has 0 saturated carbocycles. The van der Waals surface area contributed by atoms with Crippen LogP contribution in [0.25, 0.3) is 44.4 Å². The van der Waals surface area contributed by atoms with Crippen LogP contribution in [0.2, 0.25) is 0 Å². The monoisotopic (exact) mass is 708 g/mol. The van der Waals surface area contributed by atoms with E-state index in [2.05, 4.69) is 118 Å². The van der Waals surface area contributed by atoms with Gasteiger partial charge in [-0.05, 0) is 92.1 Å². The molecule has 5 nitrogen and oxygen atoms in total. The zero-order valence-corrected chi connectivity index (χ0v) is 29.3. The molecule has 6 heteroatoms. The molecule has 3 aromatic heterocycles. The fraction of sp³-hybridized carbons (Fsp3) is 0.220. The van der Waals surface area contributed by atoms with Gasteiger partial charge in [-0.25, -0.2) is 4.98 Å². The van der Waals surface area contributed by atoms with Gasteiger partial charge in [0.15, 0.2) is 0 Å². The zero-order valence-electron chi connectivity index (χ0n) is 27.7. The quantitative estimate of drug-likeness (QED) is 0.117. The van der Waals surface area contributed by atoms with E-state index >= 15 is 0 Å². The molecule has 0 fully saturated rings. The van der Waals surface area contributed by atoms with E-state index in [1.165, 1.54) is 33.5 Å². The van der Waals surface area contributed by atoms with Crippen molar-refractivity contribution in [3.63, 3.8) is 0 Å². The third kappa shape index (κ3) is 5.93. The molecule has 0 aliphatic rings. The molecule has 47 heavy (non-hydrogen) atoms. The van der Waals surface area contributed by atoms with Gasteiger partial charge in [-0.3, -0.25) is 4.68 Å². The molecule has 0 N–H and O–H groups in total. The van der Waals surface area contributed by atoms with Crippen molar-refractivity contribution in [2.45, 2.75) is 60.8 Å². The predicted molar refractivity (Wildman–Crippen MR) is 188 cm³/mol. The van der Waals surface area contributed by atoms with Gasteiger partial charge in [-0.2, -0.15) is 17.2 Å². The number of hydrogen-bond donors (Lipinski definition) is 0. The molecule has 0 aliphatic carbocycles. The average Bonchev–Trinajstić information content (AvgIpc) is 3.56. The van der Waals surface area contributed by atoms with Crippen molar-refractivity contribution in [3.05, 3.63) is 131 Å². The number of rotatable bonds is 8. The maximum absolute atomic E-state index is 6.47. The summed E-state index contributed by atoms with van der Waals surface area (Å²) in [4.78, 5) is 4.70. The first-order chi connectivity index (χ1) is 22.4. The topological polar surface area (TPSA) is 44.9 Å². The number of pyridine rings is 1. The Kier molecular flexibility index (Phi) is 9.19. The second-order valence-electron chi connectivity index (χ2n) is 12.2. The first-order valence-electron chi connectivity index (χ1n) is 16.1. The average molecular weight is 709 g/mol. The normalized spacial score (nSPS) is 11.3. The Labute approximate surface area is 290 Å². The molecule has 0 radical (unpaired) electrons. The molecular weight excluding hydrogens is 671 g/mol. The molecule has 3 heterocycles. The van der Waals surface area contributed by atoms with Crippen LogP contribution in [0.3, 0.4) is 0 Å². The van der Waals surface area contributed by atoms with E-state index in [-0.39, 0.29) is 20.4 Å². The Hall–Kier alpha value is -4.50. The first kappa shape index (κ1) is 32.4. The van der Waals surface area contributed by atoms with E-state index in [0.717, 1.165) is 63.8 Å². The first-order valence-corrected chi connectivity index (χ1v) is 16.1. The summed E-state index contributed by atoms with van der Waals surface area (Å²) in [5, 5.41) is 7.43. The fourth-order valence-corrected chi connectivity index (χ4v) is 6.83. The van der Waals surface area contributed by atoms with Crippen molar-refractivity contribution < 1.29 is 25.2 Å². The zero-order chi connectivity index (χ0) is 31.9. The van der Waals surface area contributed by atoms with Gasteiger partial charge in [0.2, 0.25) is 0 Å². The summed E-state index contributed by atoms with van der Waals surface area (Å²) in [6, 6.07) is 34.3. The van der Waals surface area contributed by atoms with Gasteiger partial charge < -0.3 is 9.30 Å². The molecule has 238 valence electrons. The van der Waals surface area contributed by atoms with Gasteiger partial charge in [-0.1, -0.05) is 61.7 Å². The van der Waals surface area contributed by atoms with E-state index in [0.29, 0.717) is 11.5 Å². The molecule has 7 aromatic rings. The van der Waals surface area contributed by atoms with Crippen molar-refractivity contribution in [2.24, 2.45) is 0 Å². The molecule has 0 saturated heterocycles. The van der Waals surface area contributed by atoms with Crippen molar-refractivity contribution >= 4 is 21.8 Å². The summed E-state index contributed by atoms with van der Waals surface area (Å²) in [5.74, 6) is 2.09. The van der Waals surface area contributed by atoms with E-state index in [4.69, 9.17) is 14.8 Å². The maximum atomic E-state index is 6.47. The number of aromatic nitrogens is 4. The van der Waals surface area contributed by atoms with Crippen LogP contribution in [0.15, 0.2) is 85.1 Å². The Bertz CT molecular complexity index is 2220. The molecular formula is C41H38N4OPd. The minimum Gasteiger partial charge on any atom is -0.509 e. The largest absolute Gasteiger partial charge is 2.00 e. The van der Waals surface area contributed by atoms with Gasteiger partial charge in [0, 0.05) is 34.5 Å². The second kappa shape index (κ2) is 13.3. The number of nitrogens with zero attached hydrogens (tertiary/aromatic N) is 4. The Morgan fingerprint density at radius 3 is 2.26 bits per heavy atom. The molecule has 0 bridgehead atoms. The predicted octanol–water partition coefficient (Wildman–Crippen LogP) is 10.2. The van der Waals surface area contributed by atoms with Crippen LogP contribution in [0.4, 0.5) is 0 Å². The Balaban J connectivity index is 0.00000386. The summed E-state index contributed by atoms with van der Waals surface area (Å²) in [6.45, 7) is 13.1. The molecule has 0 spiro atoms. The summed E-state index contributed by atoms with van der Waals surface area (Å²) in [7, 11) is 0. The number of fused-ring (bicyclic) bond motifs is 3. The van der Waals surface area contributed by atoms with Crippen LogP contribution in [0.5, 0.6) is 11.5 Å². The van der Waals surface area contributed by atoms with Crippen LogP contribution < -0.4 is 4.74 Å². The number of hydrogen-bond acceptors (Lipinski definition) is 3. The Morgan fingerprint density at radius 1 is 0.745 bits per heavy atom. The SMILES string of the molecule is CCCc1c(-c2c(C)cc(C)cc2C)c(CC)nn1-c1[c-]c(Oc2[c-]c3c(cc2)c2ccccc2n3-c2cc(C)ccn2)ccc1.[Pd+2]. The van der Waals surface area contributed by atoms with Crippen LogP contribution >= 0.6 is 0 Å². The van der Waals surface area contributed by atoms with Crippen molar-refractivity contribution in [2.75, 3.05) is 0 Å². The van der Waals surface area contributed by atoms with Crippen molar-refractivity contribution in [1.82, 2.24) is 19.3 Å². The van der Waals surface area contributed by atoms with Crippen LogP contribution in [0.1, 0.15) is 53.9 Å². The van der Waals surface area contributed by atoms with Crippen LogP contribution in [-0.4, -0.2) is 19.3 Å². The van der Waals surface area contributed by atoms with Gasteiger partial charge in [0.1, 0.15) is 5.82 Å². The summed E-state index contributed by atoms with van der Waals surface area (Å²) >= 11 is 0. The molecule has 0 atom stereocenters. The van der Waals surface area contributed by atoms with E-state index < -0.39 is 0 Å².